The zero-order chi connectivity index (χ0) is 17.2. The fourth-order valence-electron chi connectivity index (χ4n) is 4.22. The second-order valence-corrected chi connectivity index (χ2v) is 7.57. The Hall–Kier alpha value is -2.07. The van der Waals surface area contributed by atoms with Crippen molar-refractivity contribution in [3.8, 4) is 0 Å². The predicted octanol–water partition coefficient (Wildman–Crippen LogP) is 3.77. The van der Waals surface area contributed by atoms with E-state index in [1.165, 1.54) is 40.6 Å². The van der Waals surface area contributed by atoms with Crippen LogP contribution in [0.3, 0.4) is 0 Å². The minimum atomic E-state index is 0.474. The molecule has 3 heterocycles. The van der Waals surface area contributed by atoms with Crippen LogP contribution in [0.5, 0.6) is 0 Å². The number of fused-ring (bicyclic) bond motifs is 1. The van der Waals surface area contributed by atoms with E-state index in [1.807, 2.05) is 12.4 Å². The summed E-state index contributed by atoms with van der Waals surface area (Å²) in [5.74, 6) is 0.474. The second kappa shape index (κ2) is 7.04. The quantitative estimate of drug-likeness (QED) is 0.799. The molecule has 0 radical (unpaired) electrons. The van der Waals surface area contributed by atoms with Gasteiger partial charge >= 0.3 is 0 Å². The lowest BCUT2D eigenvalue weighted by molar-refractivity contribution is 0.479. The number of piperidine rings is 1. The Kier molecular flexibility index (Phi) is 4.62. The van der Waals surface area contributed by atoms with Crippen LogP contribution in [0.2, 0.25) is 0 Å². The van der Waals surface area contributed by atoms with Gasteiger partial charge in [-0.2, -0.15) is 0 Å². The number of benzene rings is 1. The Morgan fingerprint density at radius 2 is 2.04 bits per heavy atom. The van der Waals surface area contributed by atoms with Gasteiger partial charge in [0.05, 0.1) is 0 Å². The van der Waals surface area contributed by atoms with E-state index in [4.69, 9.17) is 0 Å². The molecule has 1 saturated heterocycles. The summed E-state index contributed by atoms with van der Waals surface area (Å²) in [4.78, 5) is 4.36. The topological polar surface area (TPSA) is 49.0 Å². The SMILES string of the molecule is CC1=CC(c2cc(NC3CCNCC3)c3cnccc3c2)CC(C)N1. The first-order chi connectivity index (χ1) is 12.2. The molecule has 0 aliphatic carbocycles. The van der Waals surface area contributed by atoms with Crippen molar-refractivity contribution in [1.29, 1.82) is 0 Å². The maximum atomic E-state index is 4.36. The first-order valence-corrected chi connectivity index (χ1v) is 9.49. The summed E-state index contributed by atoms with van der Waals surface area (Å²) in [5.41, 5.74) is 3.93. The van der Waals surface area contributed by atoms with E-state index in [2.05, 4.69) is 59.1 Å². The average Bonchev–Trinajstić information content (AvgIpc) is 2.62. The molecule has 2 aliphatic rings. The fourth-order valence-corrected chi connectivity index (χ4v) is 4.22. The van der Waals surface area contributed by atoms with Gasteiger partial charge in [0, 0.05) is 47.2 Å². The molecule has 0 spiro atoms. The molecule has 1 aromatic carbocycles. The van der Waals surface area contributed by atoms with Gasteiger partial charge in [-0.05, 0) is 69.3 Å². The van der Waals surface area contributed by atoms with E-state index in [0.717, 1.165) is 19.5 Å². The minimum Gasteiger partial charge on any atom is -0.386 e. The lowest BCUT2D eigenvalue weighted by Crippen LogP contribution is -2.35. The van der Waals surface area contributed by atoms with Gasteiger partial charge in [-0.3, -0.25) is 4.98 Å². The molecule has 0 amide bonds. The number of aromatic nitrogens is 1. The molecule has 132 valence electrons. The van der Waals surface area contributed by atoms with Gasteiger partial charge in [-0.15, -0.1) is 0 Å². The maximum absolute atomic E-state index is 4.36. The van der Waals surface area contributed by atoms with Gasteiger partial charge in [0.2, 0.25) is 0 Å². The molecule has 4 nitrogen and oxygen atoms in total. The number of allylic oxidation sites excluding steroid dienone is 2. The number of hydrogen-bond donors (Lipinski definition) is 3. The summed E-state index contributed by atoms with van der Waals surface area (Å²) >= 11 is 0. The maximum Gasteiger partial charge on any atom is 0.0440 e. The Bertz CT molecular complexity index is 777. The highest BCUT2D eigenvalue weighted by atomic mass is 15.0. The number of nitrogens with zero attached hydrogens (tertiary/aromatic N) is 1. The molecule has 0 bridgehead atoms. The third kappa shape index (κ3) is 3.64. The van der Waals surface area contributed by atoms with Crippen molar-refractivity contribution in [3.05, 3.63) is 47.9 Å². The van der Waals surface area contributed by atoms with Crippen molar-refractivity contribution in [2.24, 2.45) is 0 Å². The second-order valence-electron chi connectivity index (χ2n) is 7.57. The van der Waals surface area contributed by atoms with Gasteiger partial charge < -0.3 is 16.0 Å². The number of rotatable bonds is 3. The Morgan fingerprint density at radius 3 is 2.84 bits per heavy atom. The largest absolute Gasteiger partial charge is 0.386 e. The first-order valence-electron chi connectivity index (χ1n) is 9.49. The summed E-state index contributed by atoms with van der Waals surface area (Å²) < 4.78 is 0. The molecular formula is C21H28N4. The van der Waals surface area contributed by atoms with Crippen LogP contribution in [0.25, 0.3) is 10.8 Å². The van der Waals surface area contributed by atoms with Crippen molar-refractivity contribution in [2.45, 2.75) is 51.1 Å². The number of anilines is 1. The lowest BCUT2D eigenvalue weighted by Gasteiger charge is -2.29. The lowest BCUT2D eigenvalue weighted by atomic mass is 9.87. The molecule has 3 N–H and O–H groups in total. The first kappa shape index (κ1) is 16.4. The summed E-state index contributed by atoms with van der Waals surface area (Å²) in [6, 6.07) is 7.90. The summed E-state index contributed by atoms with van der Waals surface area (Å²) in [5, 5.41) is 13.3. The molecule has 4 rings (SSSR count). The summed E-state index contributed by atoms with van der Waals surface area (Å²) in [7, 11) is 0. The average molecular weight is 336 g/mol. The third-order valence-electron chi connectivity index (χ3n) is 5.44. The van der Waals surface area contributed by atoms with Gasteiger partial charge in [0.15, 0.2) is 0 Å². The smallest absolute Gasteiger partial charge is 0.0440 e. The van der Waals surface area contributed by atoms with Crippen molar-refractivity contribution >= 4 is 16.5 Å². The van der Waals surface area contributed by atoms with Crippen molar-refractivity contribution in [3.63, 3.8) is 0 Å². The summed E-state index contributed by atoms with van der Waals surface area (Å²) in [6.45, 7) is 6.63. The highest BCUT2D eigenvalue weighted by Gasteiger charge is 2.21. The monoisotopic (exact) mass is 336 g/mol. The summed E-state index contributed by atoms with van der Waals surface area (Å²) in [6.07, 6.45) is 9.75. The van der Waals surface area contributed by atoms with Crippen LogP contribution in [0.1, 0.15) is 44.6 Å². The number of nitrogens with one attached hydrogen (secondary N) is 3. The van der Waals surface area contributed by atoms with Gasteiger partial charge in [0.25, 0.3) is 0 Å². The van der Waals surface area contributed by atoms with Crippen LogP contribution >= 0.6 is 0 Å². The van der Waals surface area contributed by atoms with Crippen LogP contribution in [-0.2, 0) is 0 Å². The zero-order valence-corrected chi connectivity index (χ0v) is 15.2. The molecule has 1 fully saturated rings. The van der Waals surface area contributed by atoms with E-state index in [9.17, 15) is 0 Å². The molecule has 1 aromatic heterocycles. The number of hydrogen-bond acceptors (Lipinski definition) is 4. The molecule has 2 aromatic rings. The number of pyridine rings is 1. The van der Waals surface area contributed by atoms with E-state index < -0.39 is 0 Å². The van der Waals surface area contributed by atoms with Crippen LogP contribution in [-0.4, -0.2) is 30.2 Å². The van der Waals surface area contributed by atoms with Crippen LogP contribution in [0, 0.1) is 0 Å². The molecule has 2 unspecified atom stereocenters. The van der Waals surface area contributed by atoms with Gasteiger partial charge in [0.1, 0.15) is 0 Å². The Balaban J connectivity index is 1.71. The Labute approximate surface area is 150 Å². The molecule has 0 saturated carbocycles. The molecule has 4 heteroatoms. The van der Waals surface area contributed by atoms with Crippen LogP contribution < -0.4 is 16.0 Å². The highest BCUT2D eigenvalue weighted by Crippen LogP contribution is 2.34. The third-order valence-corrected chi connectivity index (χ3v) is 5.44. The molecule has 25 heavy (non-hydrogen) atoms. The minimum absolute atomic E-state index is 0.474. The van der Waals surface area contributed by atoms with Crippen molar-refractivity contribution < 1.29 is 0 Å². The van der Waals surface area contributed by atoms with E-state index in [1.54, 1.807) is 0 Å². The van der Waals surface area contributed by atoms with Crippen LogP contribution in [0.15, 0.2) is 42.4 Å². The highest BCUT2D eigenvalue weighted by molar-refractivity contribution is 5.94. The molecule has 2 aliphatic heterocycles. The zero-order valence-electron chi connectivity index (χ0n) is 15.2. The van der Waals surface area contributed by atoms with E-state index in [0.29, 0.717) is 18.0 Å². The molecular weight excluding hydrogens is 308 g/mol. The molecule has 2 atom stereocenters. The van der Waals surface area contributed by atoms with Crippen molar-refractivity contribution in [2.75, 3.05) is 18.4 Å². The normalized spacial score (nSPS) is 24.6. The van der Waals surface area contributed by atoms with E-state index in [-0.39, 0.29) is 0 Å². The van der Waals surface area contributed by atoms with Gasteiger partial charge in [-0.25, -0.2) is 0 Å². The fraction of sp³-hybridized carbons (Fsp3) is 0.476. The van der Waals surface area contributed by atoms with Crippen LogP contribution in [0.4, 0.5) is 5.69 Å². The van der Waals surface area contributed by atoms with Crippen molar-refractivity contribution in [1.82, 2.24) is 15.6 Å². The Morgan fingerprint density at radius 1 is 1.20 bits per heavy atom. The standard InChI is InChI=1S/C21H28N4/c1-14-9-17(10-15(2)24-14)18-11-16-3-6-23-13-20(16)21(12-18)25-19-4-7-22-8-5-19/h3,6,9,11-13,15,17,19,22,24-25H,4-5,7-8,10H2,1-2H3. The predicted molar refractivity (Wildman–Crippen MR) is 105 cm³/mol. The van der Waals surface area contributed by atoms with Gasteiger partial charge in [-0.1, -0.05) is 12.1 Å². The van der Waals surface area contributed by atoms with E-state index >= 15 is 0 Å².